The van der Waals surface area contributed by atoms with Crippen molar-refractivity contribution in [3.63, 3.8) is 0 Å². The van der Waals surface area contributed by atoms with Crippen LogP contribution in [0.3, 0.4) is 0 Å². The second-order valence-electron chi connectivity index (χ2n) is 5.69. The smallest absolute Gasteiger partial charge is 0.254 e. The van der Waals surface area contributed by atoms with Crippen LogP contribution in [0.4, 0.5) is 0 Å². The van der Waals surface area contributed by atoms with Gasteiger partial charge >= 0.3 is 0 Å². The number of amides is 1. The van der Waals surface area contributed by atoms with Crippen molar-refractivity contribution in [1.82, 2.24) is 5.32 Å². The molecule has 0 fully saturated rings. The molecule has 0 atom stereocenters. The van der Waals surface area contributed by atoms with E-state index in [1.54, 1.807) is 6.07 Å². The summed E-state index contributed by atoms with van der Waals surface area (Å²) < 4.78 is 5.38. The van der Waals surface area contributed by atoms with Crippen LogP contribution in [-0.4, -0.2) is 12.5 Å². The molecule has 0 unspecified atom stereocenters. The van der Waals surface area contributed by atoms with Crippen LogP contribution in [0.15, 0.2) is 10.5 Å². The highest BCUT2D eigenvalue weighted by Crippen LogP contribution is 2.20. The molecular formula is C15H25NO2. The van der Waals surface area contributed by atoms with Gasteiger partial charge in [-0.25, -0.2) is 0 Å². The molecule has 1 amide bonds. The molecule has 0 aliphatic heterocycles. The molecule has 1 rings (SSSR count). The highest BCUT2D eigenvalue weighted by atomic mass is 16.3. The topological polar surface area (TPSA) is 42.2 Å². The largest absolute Gasteiger partial charge is 0.466 e. The quantitative estimate of drug-likeness (QED) is 0.869. The maximum Gasteiger partial charge on any atom is 0.254 e. The lowest BCUT2D eigenvalue weighted by molar-refractivity contribution is 0.0935. The van der Waals surface area contributed by atoms with Crippen molar-refractivity contribution in [3.8, 4) is 0 Å². The summed E-state index contributed by atoms with van der Waals surface area (Å²) in [5.41, 5.74) is 0.652. The van der Waals surface area contributed by atoms with E-state index in [2.05, 4.69) is 33.0 Å². The third-order valence-corrected chi connectivity index (χ3v) is 3.50. The summed E-state index contributed by atoms with van der Waals surface area (Å²) >= 11 is 0. The maximum atomic E-state index is 12.1. The molecule has 0 aliphatic rings. The van der Waals surface area contributed by atoms with Crippen LogP contribution in [0.1, 0.15) is 49.6 Å². The monoisotopic (exact) mass is 251 g/mol. The molecule has 1 heterocycles. The Morgan fingerprint density at radius 1 is 1.22 bits per heavy atom. The number of carbonyl (C=O) groups excluding carboxylic acids is 1. The highest BCUT2D eigenvalue weighted by molar-refractivity contribution is 5.95. The van der Waals surface area contributed by atoms with Crippen molar-refractivity contribution in [2.75, 3.05) is 6.54 Å². The molecule has 3 heteroatoms. The zero-order valence-corrected chi connectivity index (χ0v) is 12.3. The fourth-order valence-corrected chi connectivity index (χ4v) is 2.40. The normalized spacial score (nSPS) is 11.6. The summed E-state index contributed by atoms with van der Waals surface area (Å²) in [5.74, 6) is 3.07. The minimum atomic E-state index is -0.0318. The molecule has 1 N–H and O–H groups in total. The molecule has 0 saturated heterocycles. The number of nitrogens with one attached hydrogen (secondary N) is 1. The van der Waals surface area contributed by atoms with Gasteiger partial charge in [-0.3, -0.25) is 4.79 Å². The van der Waals surface area contributed by atoms with Gasteiger partial charge in [0.25, 0.3) is 5.91 Å². The molecule has 0 aliphatic carbocycles. The van der Waals surface area contributed by atoms with E-state index in [0.717, 1.165) is 12.3 Å². The van der Waals surface area contributed by atoms with Gasteiger partial charge < -0.3 is 9.73 Å². The number of hydrogen-bond donors (Lipinski definition) is 1. The molecule has 0 radical (unpaired) electrons. The summed E-state index contributed by atoms with van der Waals surface area (Å²) in [4.78, 5) is 12.1. The molecule has 3 nitrogen and oxygen atoms in total. The minimum Gasteiger partial charge on any atom is -0.466 e. The van der Waals surface area contributed by atoms with Crippen molar-refractivity contribution in [2.24, 2.45) is 17.8 Å². The van der Waals surface area contributed by atoms with Gasteiger partial charge in [0.05, 0.1) is 5.56 Å². The predicted octanol–water partition coefficient (Wildman–Crippen LogP) is 3.55. The standard InChI is InChI=1S/C15H25NO2/c1-9(2)14(10(3)4)8-16-15(17)13-7-11(5)18-12(13)6/h7,9-10,14H,8H2,1-6H3,(H,16,17). The van der Waals surface area contributed by atoms with Gasteiger partial charge in [-0.1, -0.05) is 27.7 Å². The van der Waals surface area contributed by atoms with E-state index in [9.17, 15) is 4.79 Å². The first kappa shape index (κ1) is 14.8. The van der Waals surface area contributed by atoms with Crippen LogP contribution in [0.2, 0.25) is 0 Å². The summed E-state index contributed by atoms with van der Waals surface area (Å²) in [5, 5.41) is 3.02. The Morgan fingerprint density at radius 3 is 2.17 bits per heavy atom. The number of furan rings is 1. The van der Waals surface area contributed by atoms with Gasteiger partial charge in [0.2, 0.25) is 0 Å². The zero-order valence-electron chi connectivity index (χ0n) is 12.3. The van der Waals surface area contributed by atoms with Gasteiger partial charge in [0, 0.05) is 6.54 Å². The molecule has 0 aromatic carbocycles. The van der Waals surface area contributed by atoms with Gasteiger partial charge in [-0.15, -0.1) is 0 Å². The van der Waals surface area contributed by atoms with E-state index in [1.807, 2.05) is 13.8 Å². The van der Waals surface area contributed by atoms with E-state index in [4.69, 9.17) is 4.42 Å². The van der Waals surface area contributed by atoms with Crippen LogP contribution in [0.5, 0.6) is 0 Å². The first-order chi connectivity index (χ1) is 8.32. The van der Waals surface area contributed by atoms with Crippen molar-refractivity contribution in [3.05, 3.63) is 23.2 Å². The second kappa shape index (κ2) is 6.07. The van der Waals surface area contributed by atoms with Gasteiger partial charge in [-0.2, -0.15) is 0 Å². The first-order valence-electron chi connectivity index (χ1n) is 6.68. The predicted molar refractivity (Wildman–Crippen MR) is 73.7 cm³/mol. The van der Waals surface area contributed by atoms with Gasteiger partial charge in [-0.05, 0) is 37.7 Å². The fourth-order valence-electron chi connectivity index (χ4n) is 2.40. The Morgan fingerprint density at radius 2 is 1.78 bits per heavy atom. The number of aryl methyl sites for hydroxylation is 2. The lowest BCUT2D eigenvalue weighted by Crippen LogP contribution is -2.34. The lowest BCUT2D eigenvalue weighted by atomic mass is 9.85. The summed E-state index contributed by atoms with van der Waals surface area (Å²) in [7, 11) is 0. The molecule has 102 valence electrons. The van der Waals surface area contributed by atoms with Crippen molar-refractivity contribution >= 4 is 5.91 Å². The molecule has 18 heavy (non-hydrogen) atoms. The third-order valence-electron chi connectivity index (χ3n) is 3.50. The lowest BCUT2D eigenvalue weighted by Gasteiger charge is -2.24. The molecule has 0 bridgehead atoms. The van der Waals surface area contributed by atoms with Crippen molar-refractivity contribution in [1.29, 1.82) is 0 Å². The SMILES string of the molecule is Cc1cc(C(=O)NCC(C(C)C)C(C)C)c(C)o1. The van der Waals surface area contributed by atoms with Crippen LogP contribution in [0.25, 0.3) is 0 Å². The molecular weight excluding hydrogens is 226 g/mol. The average Bonchev–Trinajstić information content (AvgIpc) is 2.56. The van der Waals surface area contributed by atoms with Crippen molar-refractivity contribution < 1.29 is 9.21 Å². The summed E-state index contributed by atoms with van der Waals surface area (Å²) in [6.07, 6.45) is 0. The summed E-state index contributed by atoms with van der Waals surface area (Å²) in [6.45, 7) is 13.2. The molecule has 0 saturated carbocycles. The van der Waals surface area contributed by atoms with E-state index in [0.29, 0.717) is 29.1 Å². The van der Waals surface area contributed by atoms with Crippen LogP contribution in [-0.2, 0) is 0 Å². The maximum absolute atomic E-state index is 12.1. The third kappa shape index (κ3) is 3.62. The number of carbonyl (C=O) groups is 1. The molecule has 0 spiro atoms. The van der Waals surface area contributed by atoms with E-state index in [-0.39, 0.29) is 5.91 Å². The minimum absolute atomic E-state index is 0.0318. The van der Waals surface area contributed by atoms with Crippen LogP contribution < -0.4 is 5.32 Å². The first-order valence-corrected chi connectivity index (χ1v) is 6.68. The second-order valence-corrected chi connectivity index (χ2v) is 5.69. The van der Waals surface area contributed by atoms with E-state index in [1.165, 1.54) is 0 Å². The van der Waals surface area contributed by atoms with Crippen molar-refractivity contribution in [2.45, 2.75) is 41.5 Å². The Bertz CT molecular complexity index is 397. The van der Waals surface area contributed by atoms with Crippen LogP contribution in [0, 0.1) is 31.6 Å². The van der Waals surface area contributed by atoms with Crippen LogP contribution >= 0.6 is 0 Å². The number of rotatable bonds is 5. The van der Waals surface area contributed by atoms with E-state index < -0.39 is 0 Å². The Balaban J connectivity index is 2.63. The Hall–Kier alpha value is -1.25. The fraction of sp³-hybridized carbons (Fsp3) is 0.667. The van der Waals surface area contributed by atoms with Gasteiger partial charge in [0.15, 0.2) is 0 Å². The van der Waals surface area contributed by atoms with Gasteiger partial charge in [0.1, 0.15) is 11.5 Å². The number of hydrogen-bond acceptors (Lipinski definition) is 2. The highest BCUT2D eigenvalue weighted by Gasteiger charge is 2.20. The average molecular weight is 251 g/mol. The Labute approximate surface area is 110 Å². The zero-order chi connectivity index (χ0) is 13.9. The molecule has 1 aromatic rings. The van der Waals surface area contributed by atoms with E-state index >= 15 is 0 Å². The molecule has 1 aromatic heterocycles. The Kier molecular flexibility index (Phi) is 5.00. The summed E-state index contributed by atoms with van der Waals surface area (Å²) in [6, 6.07) is 1.80.